The third kappa shape index (κ3) is 7.06. The van der Waals surface area contributed by atoms with Gasteiger partial charge in [0.05, 0.1) is 0 Å². The van der Waals surface area contributed by atoms with E-state index in [1.807, 2.05) is 0 Å². The van der Waals surface area contributed by atoms with Crippen molar-refractivity contribution in [3.05, 3.63) is 35.9 Å². The second-order valence-electron chi connectivity index (χ2n) is 6.52. The van der Waals surface area contributed by atoms with Crippen LogP contribution < -0.4 is 5.73 Å². The Hall–Kier alpha value is -0.860. The standard InChI is InChI=1S/C18H32N2/c1-15(2)20(14-18-11-6-5-7-12-18)13-16(3)9-8-10-17(4)19/h5-7,11-12,15-17H,8-10,13-14,19H2,1-4H3. The summed E-state index contributed by atoms with van der Waals surface area (Å²) in [5.74, 6) is 0.736. The van der Waals surface area contributed by atoms with Crippen LogP contribution in [-0.2, 0) is 6.54 Å². The Kier molecular flexibility index (Phi) is 7.86. The third-order valence-corrected chi connectivity index (χ3v) is 3.86. The monoisotopic (exact) mass is 276 g/mol. The van der Waals surface area contributed by atoms with Gasteiger partial charge in [-0.05, 0) is 45.1 Å². The number of nitrogens with zero attached hydrogens (tertiary/aromatic N) is 1. The van der Waals surface area contributed by atoms with Crippen molar-refractivity contribution in [2.75, 3.05) is 6.54 Å². The molecular formula is C18H32N2. The highest BCUT2D eigenvalue weighted by Crippen LogP contribution is 2.15. The molecule has 0 fully saturated rings. The first-order valence-corrected chi connectivity index (χ1v) is 8.02. The van der Waals surface area contributed by atoms with Crippen LogP contribution in [-0.4, -0.2) is 23.5 Å². The average Bonchev–Trinajstić information content (AvgIpc) is 2.38. The molecule has 1 aromatic rings. The maximum atomic E-state index is 5.82. The quantitative estimate of drug-likeness (QED) is 0.737. The molecule has 1 aromatic carbocycles. The Morgan fingerprint density at radius 3 is 2.20 bits per heavy atom. The summed E-state index contributed by atoms with van der Waals surface area (Å²) in [4.78, 5) is 2.58. The molecule has 2 N–H and O–H groups in total. The lowest BCUT2D eigenvalue weighted by Crippen LogP contribution is -2.34. The van der Waals surface area contributed by atoms with Crippen LogP contribution in [0.2, 0.25) is 0 Å². The van der Waals surface area contributed by atoms with Gasteiger partial charge < -0.3 is 5.73 Å². The lowest BCUT2D eigenvalue weighted by atomic mass is 10.0. The molecule has 114 valence electrons. The molecule has 0 radical (unpaired) electrons. The molecule has 0 aromatic heterocycles. The van der Waals surface area contributed by atoms with E-state index in [0.717, 1.165) is 18.9 Å². The fourth-order valence-electron chi connectivity index (χ4n) is 2.56. The minimum Gasteiger partial charge on any atom is -0.328 e. The van der Waals surface area contributed by atoms with Crippen molar-refractivity contribution >= 4 is 0 Å². The molecule has 0 saturated carbocycles. The fourth-order valence-corrected chi connectivity index (χ4v) is 2.56. The van der Waals surface area contributed by atoms with Gasteiger partial charge in [0.1, 0.15) is 0 Å². The number of hydrogen-bond acceptors (Lipinski definition) is 2. The van der Waals surface area contributed by atoms with Crippen LogP contribution in [0.3, 0.4) is 0 Å². The lowest BCUT2D eigenvalue weighted by molar-refractivity contribution is 0.178. The summed E-state index contributed by atoms with van der Waals surface area (Å²) in [6, 6.07) is 11.7. The zero-order valence-electron chi connectivity index (χ0n) is 13.7. The predicted octanol–water partition coefficient (Wildman–Crippen LogP) is 4.05. The third-order valence-electron chi connectivity index (χ3n) is 3.86. The minimum absolute atomic E-state index is 0.340. The molecule has 2 atom stereocenters. The summed E-state index contributed by atoms with van der Waals surface area (Å²) in [5.41, 5.74) is 7.23. The van der Waals surface area contributed by atoms with E-state index in [4.69, 9.17) is 5.73 Å². The number of nitrogens with two attached hydrogens (primary N) is 1. The van der Waals surface area contributed by atoms with Gasteiger partial charge in [0.25, 0.3) is 0 Å². The highest BCUT2D eigenvalue weighted by atomic mass is 15.1. The normalized spacial score (nSPS) is 14.8. The van der Waals surface area contributed by atoms with Crippen molar-refractivity contribution < 1.29 is 0 Å². The Morgan fingerprint density at radius 1 is 1.00 bits per heavy atom. The topological polar surface area (TPSA) is 29.3 Å². The van der Waals surface area contributed by atoms with Gasteiger partial charge in [-0.3, -0.25) is 4.90 Å². The lowest BCUT2D eigenvalue weighted by Gasteiger charge is -2.29. The van der Waals surface area contributed by atoms with Crippen molar-refractivity contribution in [3.63, 3.8) is 0 Å². The van der Waals surface area contributed by atoms with Gasteiger partial charge in [-0.25, -0.2) is 0 Å². The van der Waals surface area contributed by atoms with E-state index in [-0.39, 0.29) is 0 Å². The summed E-state index contributed by atoms with van der Waals surface area (Å²) < 4.78 is 0. The Morgan fingerprint density at radius 2 is 1.65 bits per heavy atom. The zero-order chi connectivity index (χ0) is 15.0. The van der Waals surface area contributed by atoms with Crippen LogP contribution in [0, 0.1) is 5.92 Å². The molecule has 2 nitrogen and oxygen atoms in total. The molecular weight excluding hydrogens is 244 g/mol. The van der Waals surface area contributed by atoms with Crippen LogP contribution in [0.4, 0.5) is 0 Å². The van der Waals surface area contributed by atoms with Crippen LogP contribution in [0.5, 0.6) is 0 Å². The molecule has 0 aliphatic rings. The van der Waals surface area contributed by atoms with Crippen molar-refractivity contribution in [1.29, 1.82) is 0 Å². The Bertz CT molecular complexity index is 346. The summed E-state index contributed by atoms with van der Waals surface area (Å²) >= 11 is 0. The number of benzene rings is 1. The first kappa shape index (κ1) is 17.2. The van der Waals surface area contributed by atoms with Crippen molar-refractivity contribution in [3.8, 4) is 0 Å². The molecule has 0 amide bonds. The molecule has 2 unspecified atom stereocenters. The minimum atomic E-state index is 0.340. The number of rotatable bonds is 9. The van der Waals surface area contributed by atoms with Gasteiger partial charge >= 0.3 is 0 Å². The van der Waals surface area contributed by atoms with Gasteiger partial charge in [-0.2, -0.15) is 0 Å². The van der Waals surface area contributed by atoms with Crippen LogP contribution in [0.15, 0.2) is 30.3 Å². The Labute approximate surface area is 125 Å². The van der Waals surface area contributed by atoms with E-state index >= 15 is 0 Å². The average molecular weight is 276 g/mol. The van der Waals surface area contributed by atoms with Gasteiger partial charge in [0.15, 0.2) is 0 Å². The summed E-state index contributed by atoms with van der Waals surface area (Å²) in [6.45, 7) is 11.3. The van der Waals surface area contributed by atoms with Crippen molar-refractivity contribution in [2.24, 2.45) is 11.7 Å². The SMILES string of the molecule is CC(N)CCCC(C)CN(Cc1ccccc1)C(C)C. The molecule has 0 bridgehead atoms. The second kappa shape index (κ2) is 9.15. The summed E-state index contributed by atoms with van der Waals surface area (Å²) in [6.07, 6.45) is 3.67. The van der Waals surface area contributed by atoms with Gasteiger partial charge in [-0.1, -0.05) is 43.7 Å². The van der Waals surface area contributed by atoms with E-state index in [1.165, 1.54) is 24.9 Å². The molecule has 0 aliphatic heterocycles. The largest absolute Gasteiger partial charge is 0.328 e. The van der Waals surface area contributed by atoms with E-state index in [1.54, 1.807) is 0 Å². The molecule has 2 heteroatoms. The van der Waals surface area contributed by atoms with E-state index in [9.17, 15) is 0 Å². The Balaban J connectivity index is 2.42. The van der Waals surface area contributed by atoms with E-state index in [0.29, 0.717) is 12.1 Å². The van der Waals surface area contributed by atoms with E-state index < -0.39 is 0 Å². The molecule has 0 saturated heterocycles. The van der Waals surface area contributed by atoms with Crippen molar-refractivity contribution in [1.82, 2.24) is 4.90 Å². The molecule has 0 spiro atoms. The van der Waals surface area contributed by atoms with Crippen molar-refractivity contribution in [2.45, 2.75) is 65.6 Å². The second-order valence-corrected chi connectivity index (χ2v) is 6.52. The maximum absolute atomic E-state index is 5.82. The smallest absolute Gasteiger partial charge is 0.0236 e. The number of hydrogen-bond donors (Lipinski definition) is 1. The summed E-state index contributed by atoms with van der Waals surface area (Å²) in [5, 5.41) is 0. The van der Waals surface area contributed by atoms with Gasteiger partial charge in [0, 0.05) is 25.2 Å². The van der Waals surface area contributed by atoms with Gasteiger partial charge in [-0.15, -0.1) is 0 Å². The van der Waals surface area contributed by atoms with Crippen LogP contribution in [0.1, 0.15) is 52.5 Å². The molecule has 0 heterocycles. The molecule has 1 rings (SSSR count). The zero-order valence-corrected chi connectivity index (χ0v) is 13.7. The highest BCUT2D eigenvalue weighted by molar-refractivity contribution is 5.14. The fraction of sp³-hybridized carbons (Fsp3) is 0.667. The molecule has 20 heavy (non-hydrogen) atoms. The summed E-state index contributed by atoms with van der Waals surface area (Å²) in [7, 11) is 0. The van der Waals surface area contributed by atoms with Crippen LogP contribution in [0.25, 0.3) is 0 Å². The van der Waals surface area contributed by atoms with Crippen LogP contribution >= 0.6 is 0 Å². The first-order valence-electron chi connectivity index (χ1n) is 8.02. The van der Waals surface area contributed by atoms with E-state index in [2.05, 4.69) is 62.9 Å². The highest BCUT2D eigenvalue weighted by Gasteiger charge is 2.14. The first-order chi connectivity index (χ1) is 9.49. The predicted molar refractivity (Wildman–Crippen MR) is 88.7 cm³/mol. The van der Waals surface area contributed by atoms with Gasteiger partial charge in [0.2, 0.25) is 0 Å². The molecule has 0 aliphatic carbocycles. The maximum Gasteiger partial charge on any atom is 0.0236 e.